The predicted molar refractivity (Wildman–Crippen MR) is 114 cm³/mol. The van der Waals surface area contributed by atoms with Gasteiger partial charge in [0, 0.05) is 24.6 Å². The molecule has 0 unspecified atom stereocenters. The Hall–Kier alpha value is -3.68. The van der Waals surface area contributed by atoms with Crippen molar-refractivity contribution in [2.75, 3.05) is 23.3 Å². The van der Waals surface area contributed by atoms with Gasteiger partial charge in [0.25, 0.3) is 6.01 Å². The summed E-state index contributed by atoms with van der Waals surface area (Å²) in [5, 5.41) is 9.86. The summed E-state index contributed by atoms with van der Waals surface area (Å²) in [6.07, 6.45) is 1.44. The number of amides is 1. The smallest absolute Gasteiger partial charge is 0.298 e. The Morgan fingerprint density at radius 2 is 1.87 bits per heavy atom. The van der Waals surface area contributed by atoms with Crippen LogP contribution in [0.5, 0.6) is 0 Å². The van der Waals surface area contributed by atoms with Crippen LogP contribution in [0.2, 0.25) is 0 Å². The van der Waals surface area contributed by atoms with Crippen molar-refractivity contribution >= 4 is 29.0 Å². The van der Waals surface area contributed by atoms with E-state index >= 15 is 0 Å². The summed E-state index contributed by atoms with van der Waals surface area (Å²) in [5.41, 5.74) is 3.74. The fraction of sp³-hybridized carbons (Fsp3) is 0.273. The van der Waals surface area contributed by atoms with E-state index in [0.29, 0.717) is 30.9 Å². The van der Waals surface area contributed by atoms with E-state index in [-0.39, 0.29) is 11.8 Å². The molecule has 4 aromatic rings. The number of aromatic amines is 1. The topological polar surface area (TPSA) is 99.9 Å². The highest BCUT2D eigenvalue weighted by Gasteiger charge is 2.28. The van der Waals surface area contributed by atoms with Crippen molar-refractivity contribution in [3.05, 3.63) is 54.1 Å². The molecule has 0 aliphatic carbocycles. The van der Waals surface area contributed by atoms with Crippen LogP contribution in [-0.2, 0) is 4.79 Å². The first kappa shape index (κ1) is 18.4. The van der Waals surface area contributed by atoms with Gasteiger partial charge in [-0.1, -0.05) is 42.0 Å². The zero-order chi connectivity index (χ0) is 20.5. The van der Waals surface area contributed by atoms with E-state index < -0.39 is 0 Å². The third kappa shape index (κ3) is 3.63. The van der Waals surface area contributed by atoms with E-state index in [1.807, 2.05) is 55.5 Å². The van der Waals surface area contributed by atoms with Crippen LogP contribution >= 0.6 is 0 Å². The van der Waals surface area contributed by atoms with E-state index in [1.165, 1.54) is 5.56 Å². The Morgan fingerprint density at radius 3 is 2.63 bits per heavy atom. The normalized spacial score (nSPS) is 14.9. The second kappa shape index (κ2) is 7.62. The van der Waals surface area contributed by atoms with Gasteiger partial charge >= 0.3 is 0 Å². The monoisotopic (exact) mass is 402 g/mol. The maximum absolute atomic E-state index is 12.7. The lowest BCUT2D eigenvalue weighted by molar-refractivity contribution is -0.120. The Balaban J connectivity index is 1.19. The zero-order valence-corrected chi connectivity index (χ0v) is 16.6. The second-order valence-corrected chi connectivity index (χ2v) is 7.59. The van der Waals surface area contributed by atoms with E-state index in [4.69, 9.17) is 4.42 Å². The molecule has 152 valence electrons. The van der Waals surface area contributed by atoms with Crippen LogP contribution in [0.3, 0.4) is 0 Å². The Kier molecular flexibility index (Phi) is 4.66. The van der Waals surface area contributed by atoms with Crippen LogP contribution in [0, 0.1) is 12.8 Å². The van der Waals surface area contributed by atoms with Gasteiger partial charge in [0.05, 0.1) is 0 Å². The number of carbonyl (C=O) groups excluding carboxylic acids is 1. The van der Waals surface area contributed by atoms with Crippen molar-refractivity contribution < 1.29 is 9.21 Å². The average molecular weight is 402 g/mol. The highest BCUT2D eigenvalue weighted by molar-refractivity contribution is 5.91. The van der Waals surface area contributed by atoms with E-state index in [0.717, 1.165) is 29.5 Å². The Labute approximate surface area is 173 Å². The Bertz CT molecular complexity index is 1140. The largest absolute Gasteiger partial charge is 0.423 e. The van der Waals surface area contributed by atoms with E-state index in [1.54, 1.807) is 0 Å². The van der Waals surface area contributed by atoms with Gasteiger partial charge < -0.3 is 9.32 Å². The summed E-state index contributed by atoms with van der Waals surface area (Å²) in [4.78, 5) is 23.7. The number of aromatic nitrogens is 4. The molecule has 2 aromatic carbocycles. The van der Waals surface area contributed by atoms with Crippen molar-refractivity contribution in [3.63, 3.8) is 0 Å². The van der Waals surface area contributed by atoms with Crippen LogP contribution in [-0.4, -0.2) is 39.2 Å². The van der Waals surface area contributed by atoms with Gasteiger partial charge in [0.15, 0.2) is 11.4 Å². The van der Waals surface area contributed by atoms with Gasteiger partial charge in [0.1, 0.15) is 5.52 Å². The van der Waals surface area contributed by atoms with Crippen LogP contribution < -0.4 is 10.2 Å². The third-order valence-electron chi connectivity index (χ3n) is 5.46. The number of fused-ring (bicyclic) bond motifs is 1. The molecule has 1 aliphatic rings. The molecule has 3 heterocycles. The molecule has 30 heavy (non-hydrogen) atoms. The second-order valence-electron chi connectivity index (χ2n) is 7.59. The predicted octanol–water partition coefficient (Wildman–Crippen LogP) is 3.78. The highest BCUT2D eigenvalue weighted by atomic mass is 16.4. The molecular weight excluding hydrogens is 380 g/mol. The lowest BCUT2D eigenvalue weighted by Crippen LogP contribution is -2.38. The highest BCUT2D eigenvalue weighted by Crippen LogP contribution is 2.27. The number of hydrogen-bond donors (Lipinski definition) is 2. The molecule has 1 saturated heterocycles. The van der Waals surface area contributed by atoms with Gasteiger partial charge in [-0.15, -0.1) is 5.10 Å². The minimum atomic E-state index is -0.0908. The number of nitrogens with one attached hydrogen (secondary N) is 2. The molecule has 0 atom stereocenters. The quantitative estimate of drug-likeness (QED) is 0.539. The van der Waals surface area contributed by atoms with Crippen LogP contribution in [0.1, 0.15) is 18.4 Å². The molecular formula is C22H22N6O2. The Morgan fingerprint density at radius 1 is 1.10 bits per heavy atom. The standard InChI is InChI=1S/C22H22N6O2/c1-14-6-8-15(9-7-14)19-24-21(27-26-19)25-20(29)16-10-12-28(13-11-16)22-23-17-4-2-3-5-18(17)30-22/h2-9,16H,10-13H2,1H3,(H2,24,25,26,27,29). The molecule has 8 nitrogen and oxygen atoms in total. The number of rotatable bonds is 4. The summed E-state index contributed by atoms with van der Waals surface area (Å²) in [5.74, 6) is 0.793. The molecule has 1 fully saturated rings. The van der Waals surface area contributed by atoms with E-state index in [9.17, 15) is 4.79 Å². The number of carbonyl (C=O) groups is 1. The molecule has 2 N–H and O–H groups in total. The average Bonchev–Trinajstić information content (AvgIpc) is 3.41. The molecule has 0 radical (unpaired) electrons. The first-order chi connectivity index (χ1) is 14.7. The molecule has 1 amide bonds. The van der Waals surface area contributed by atoms with Crippen molar-refractivity contribution in [1.29, 1.82) is 0 Å². The van der Waals surface area contributed by atoms with Gasteiger partial charge in [-0.05, 0) is 31.9 Å². The minimum Gasteiger partial charge on any atom is -0.423 e. The summed E-state index contributed by atoms with van der Waals surface area (Å²) < 4.78 is 5.84. The van der Waals surface area contributed by atoms with Gasteiger partial charge in [-0.2, -0.15) is 9.97 Å². The van der Waals surface area contributed by atoms with Crippen molar-refractivity contribution in [2.45, 2.75) is 19.8 Å². The van der Waals surface area contributed by atoms with E-state index in [2.05, 4.69) is 30.4 Å². The minimum absolute atomic E-state index is 0.0540. The molecule has 0 spiro atoms. The number of aryl methyl sites for hydroxylation is 1. The first-order valence-electron chi connectivity index (χ1n) is 10.1. The summed E-state index contributed by atoms with van der Waals surface area (Å²) in [7, 11) is 0. The van der Waals surface area contributed by atoms with Gasteiger partial charge in [-0.25, -0.2) is 0 Å². The number of H-pyrrole nitrogens is 1. The number of piperidine rings is 1. The van der Waals surface area contributed by atoms with Crippen molar-refractivity contribution in [2.24, 2.45) is 5.92 Å². The number of nitrogens with zero attached hydrogens (tertiary/aromatic N) is 4. The third-order valence-corrected chi connectivity index (χ3v) is 5.46. The van der Waals surface area contributed by atoms with Crippen molar-refractivity contribution in [1.82, 2.24) is 20.2 Å². The number of benzene rings is 2. The number of oxazole rings is 1. The number of para-hydroxylation sites is 2. The molecule has 5 rings (SSSR count). The van der Waals surface area contributed by atoms with Gasteiger partial charge in [0.2, 0.25) is 11.9 Å². The lowest BCUT2D eigenvalue weighted by atomic mass is 9.96. The molecule has 2 aromatic heterocycles. The SMILES string of the molecule is Cc1ccc(-c2nc(NC(=O)C3CCN(c4nc5ccccc5o4)CC3)n[nH]2)cc1. The van der Waals surface area contributed by atoms with Crippen molar-refractivity contribution in [3.8, 4) is 11.4 Å². The molecule has 8 heteroatoms. The summed E-state index contributed by atoms with van der Waals surface area (Å²) in [6, 6.07) is 16.3. The maximum Gasteiger partial charge on any atom is 0.298 e. The van der Waals surface area contributed by atoms with Gasteiger partial charge in [-0.3, -0.25) is 15.2 Å². The lowest BCUT2D eigenvalue weighted by Gasteiger charge is -2.29. The van der Waals surface area contributed by atoms with Crippen LogP contribution in [0.15, 0.2) is 52.9 Å². The van der Waals surface area contributed by atoms with Crippen LogP contribution in [0.25, 0.3) is 22.5 Å². The maximum atomic E-state index is 12.7. The first-order valence-corrected chi connectivity index (χ1v) is 10.1. The number of hydrogen-bond acceptors (Lipinski definition) is 6. The summed E-state index contributed by atoms with van der Waals surface area (Å²) >= 11 is 0. The number of anilines is 2. The summed E-state index contributed by atoms with van der Waals surface area (Å²) in [6.45, 7) is 3.46. The molecule has 1 aliphatic heterocycles. The molecule has 0 bridgehead atoms. The fourth-order valence-corrected chi connectivity index (χ4v) is 3.70. The zero-order valence-electron chi connectivity index (χ0n) is 16.6. The fourth-order valence-electron chi connectivity index (χ4n) is 3.70. The van der Waals surface area contributed by atoms with Crippen LogP contribution in [0.4, 0.5) is 12.0 Å². The molecule has 0 saturated carbocycles.